The molecule has 1 heterocycles. The van der Waals surface area contributed by atoms with E-state index in [2.05, 4.69) is 0 Å². The summed E-state index contributed by atoms with van der Waals surface area (Å²) in [6.45, 7) is 1.48. The molecule has 1 saturated heterocycles. The van der Waals surface area contributed by atoms with E-state index in [0.717, 1.165) is 50.9 Å². The van der Waals surface area contributed by atoms with Crippen molar-refractivity contribution in [2.24, 2.45) is 5.92 Å². The van der Waals surface area contributed by atoms with Gasteiger partial charge in [-0.25, -0.2) is 0 Å². The Bertz CT molecular complexity index is 400. The Morgan fingerprint density at radius 2 is 1.78 bits per heavy atom. The average Bonchev–Trinajstić information content (AvgIpc) is 2.84. The first-order chi connectivity index (χ1) is 8.77. The van der Waals surface area contributed by atoms with Gasteiger partial charge < -0.3 is 14.6 Å². The van der Waals surface area contributed by atoms with Crippen LogP contribution in [0.25, 0.3) is 0 Å². The molecule has 0 radical (unpaired) electrons. The summed E-state index contributed by atoms with van der Waals surface area (Å²) in [6, 6.07) is 7.64. The summed E-state index contributed by atoms with van der Waals surface area (Å²) in [5.74, 6) is 0.790. The fraction of sp³-hybridized carbons (Fsp3) is 0.600. The molecule has 3 nitrogen and oxygen atoms in total. The maximum Gasteiger partial charge on any atom is 0.168 e. The Labute approximate surface area is 108 Å². The molecule has 3 heteroatoms. The average molecular weight is 248 g/mol. The van der Waals surface area contributed by atoms with E-state index in [0.29, 0.717) is 11.7 Å². The molecule has 1 aromatic carbocycles. The molecule has 1 aliphatic carbocycles. The van der Waals surface area contributed by atoms with Crippen molar-refractivity contribution in [3.05, 3.63) is 29.8 Å². The van der Waals surface area contributed by atoms with Gasteiger partial charge in [-0.3, -0.25) is 0 Å². The first-order valence-corrected chi connectivity index (χ1v) is 6.82. The van der Waals surface area contributed by atoms with Crippen molar-refractivity contribution in [3.8, 4) is 5.75 Å². The summed E-state index contributed by atoms with van der Waals surface area (Å²) >= 11 is 0. The van der Waals surface area contributed by atoms with E-state index in [1.54, 1.807) is 6.07 Å². The lowest BCUT2D eigenvalue weighted by molar-refractivity contribution is -0.182. The van der Waals surface area contributed by atoms with Crippen LogP contribution in [0.4, 0.5) is 0 Å². The molecule has 1 spiro atoms. The first-order valence-electron chi connectivity index (χ1n) is 6.82. The number of para-hydroxylation sites is 1. The van der Waals surface area contributed by atoms with Crippen molar-refractivity contribution in [1.29, 1.82) is 0 Å². The molecule has 2 fully saturated rings. The standard InChI is InChI=1S/C15H20O3/c16-14-4-2-1-3-13(14)11-12-5-7-15(8-6-12)17-9-10-18-15/h1-4,12,16H,5-11H2. The molecule has 1 saturated carbocycles. The van der Waals surface area contributed by atoms with Crippen molar-refractivity contribution < 1.29 is 14.6 Å². The lowest BCUT2D eigenvalue weighted by Crippen LogP contribution is -2.35. The second-order valence-electron chi connectivity index (χ2n) is 5.38. The molecular formula is C15H20O3. The van der Waals surface area contributed by atoms with Gasteiger partial charge in [0.25, 0.3) is 0 Å². The Kier molecular flexibility index (Phi) is 3.27. The summed E-state index contributed by atoms with van der Waals surface area (Å²) in [7, 11) is 0. The fourth-order valence-electron chi connectivity index (χ4n) is 3.10. The molecule has 0 aromatic heterocycles. The molecule has 0 amide bonds. The van der Waals surface area contributed by atoms with Gasteiger partial charge in [0.1, 0.15) is 5.75 Å². The highest BCUT2D eigenvalue weighted by atomic mass is 16.7. The predicted molar refractivity (Wildman–Crippen MR) is 68.4 cm³/mol. The molecule has 1 N–H and O–H groups in total. The lowest BCUT2D eigenvalue weighted by Gasteiger charge is -2.35. The highest BCUT2D eigenvalue weighted by Crippen LogP contribution is 2.39. The molecule has 1 aliphatic heterocycles. The van der Waals surface area contributed by atoms with Crippen LogP contribution in [0.5, 0.6) is 5.75 Å². The van der Waals surface area contributed by atoms with Gasteiger partial charge in [0, 0.05) is 12.8 Å². The number of aromatic hydroxyl groups is 1. The van der Waals surface area contributed by atoms with Gasteiger partial charge >= 0.3 is 0 Å². The minimum Gasteiger partial charge on any atom is -0.508 e. The van der Waals surface area contributed by atoms with Crippen LogP contribution >= 0.6 is 0 Å². The van der Waals surface area contributed by atoms with E-state index in [4.69, 9.17) is 9.47 Å². The fourth-order valence-corrected chi connectivity index (χ4v) is 3.10. The first kappa shape index (κ1) is 12.0. The predicted octanol–water partition coefficient (Wildman–Crippen LogP) is 2.87. The minimum atomic E-state index is -0.269. The van der Waals surface area contributed by atoms with Crippen molar-refractivity contribution in [3.63, 3.8) is 0 Å². The number of benzene rings is 1. The summed E-state index contributed by atoms with van der Waals surface area (Å²) in [5, 5.41) is 9.80. The number of rotatable bonds is 2. The highest BCUT2D eigenvalue weighted by molar-refractivity contribution is 5.32. The number of phenolic OH excluding ortho intramolecular Hbond substituents is 1. The van der Waals surface area contributed by atoms with Crippen LogP contribution in [0.15, 0.2) is 24.3 Å². The van der Waals surface area contributed by atoms with Gasteiger partial charge in [0.2, 0.25) is 0 Å². The molecule has 98 valence electrons. The van der Waals surface area contributed by atoms with Gasteiger partial charge in [-0.1, -0.05) is 18.2 Å². The van der Waals surface area contributed by atoms with Crippen LogP contribution < -0.4 is 0 Å². The van der Waals surface area contributed by atoms with E-state index in [1.165, 1.54) is 0 Å². The third kappa shape index (κ3) is 2.38. The van der Waals surface area contributed by atoms with Crippen molar-refractivity contribution in [2.75, 3.05) is 13.2 Å². The number of hydrogen-bond acceptors (Lipinski definition) is 3. The summed E-state index contributed by atoms with van der Waals surface area (Å²) in [6.07, 6.45) is 5.18. The smallest absolute Gasteiger partial charge is 0.168 e. The van der Waals surface area contributed by atoms with Crippen LogP contribution in [0, 0.1) is 5.92 Å². The maximum atomic E-state index is 9.80. The molecular weight excluding hydrogens is 228 g/mol. The van der Waals surface area contributed by atoms with E-state index in [1.807, 2.05) is 18.2 Å². The van der Waals surface area contributed by atoms with Crippen molar-refractivity contribution in [1.82, 2.24) is 0 Å². The van der Waals surface area contributed by atoms with Crippen LogP contribution in [-0.4, -0.2) is 24.1 Å². The van der Waals surface area contributed by atoms with Gasteiger partial charge in [0.15, 0.2) is 5.79 Å². The van der Waals surface area contributed by atoms with Gasteiger partial charge in [-0.2, -0.15) is 0 Å². The molecule has 0 bridgehead atoms. The van der Waals surface area contributed by atoms with Crippen molar-refractivity contribution >= 4 is 0 Å². The Hall–Kier alpha value is -1.06. The molecule has 1 aromatic rings. The van der Waals surface area contributed by atoms with E-state index in [9.17, 15) is 5.11 Å². The summed E-state index contributed by atoms with van der Waals surface area (Å²) in [4.78, 5) is 0. The van der Waals surface area contributed by atoms with Gasteiger partial charge in [-0.15, -0.1) is 0 Å². The zero-order valence-corrected chi connectivity index (χ0v) is 10.6. The van der Waals surface area contributed by atoms with E-state index < -0.39 is 0 Å². The molecule has 18 heavy (non-hydrogen) atoms. The third-order valence-electron chi connectivity index (χ3n) is 4.18. The molecule has 3 rings (SSSR count). The second kappa shape index (κ2) is 4.90. The number of phenols is 1. The van der Waals surface area contributed by atoms with Crippen LogP contribution in [0.1, 0.15) is 31.2 Å². The summed E-state index contributed by atoms with van der Waals surface area (Å²) < 4.78 is 11.5. The second-order valence-corrected chi connectivity index (χ2v) is 5.38. The third-order valence-corrected chi connectivity index (χ3v) is 4.18. The zero-order chi connectivity index (χ0) is 12.4. The van der Waals surface area contributed by atoms with Crippen LogP contribution in [0.2, 0.25) is 0 Å². The van der Waals surface area contributed by atoms with Crippen LogP contribution in [0.3, 0.4) is 0 Å². The highest BCUT2D eigenvalue weighted by Gasteiger charge is 2.40. The number of ether oxygens (including phenoxy) is 2. The molecule has 2 aliphatic rings. The maximum absolute atomic E-state index is 9.80. The topological polar surface area (TPSA) is 38.7 Å². The molecule has 0 atom stereocenters. The van der Waals surface area contributed by atoms with Crippen LogP contribution in [-0.2, 0) is 15.9 Å². The number of hydrogen-bond donors (Lipinski definition) is 1. The Morgan fingerprint density at radius 1 is 1.11 bits per heavy atom. The normalized spacial score (nSPS) is 23.6. The quantitative estimate of drug-likeness (QED) is 0.874. The summed E-state index contributed by atoms with van der Waals surface area (Å²) in [5.41, 5.74) is 1.06. The Balaban J connectivity index is 1.59. The largest absolute Gasteiger partial charge is 0.508 e. The van der Waals surface area contributed by atoms with Gasteiger partial charge in [-0.05, 0) is 36.8 Å². The van der Waals surface area contributed by atoms with Gasteiger partial charge in [0.05, 0.1) is 13.2 Å². The lowest BCUT2D eigenvalue weighted by atomic mass is 9.81. The van der Waals surface area contributed by atoms with E-state index in [-0.39, 0.29) is 5.79 Å². The van der Waals surface area contributed by atoms with Crippen molar-refractivity contribution in [2.45, 2.75) is 37.9 Å². The van der Waals surface area contributed by atoms with E-state index >= 15 is 0 Å². The minimum absolute atomic E-state index is 0.269. The zero-order valence-electron chi connectivity index (χ0n) is 10.6. The Morgan fingerprint density at radius 3 is 2.44 bits per heavy atom. The SMILES string of the molecule is Oc1ccccc1CC1CCC2(CC1)OCCO2. The molecule has 0 unspecified atom stereocenters. The monoisotopic (exact) mass is 248 g/mol.